The molecule has 2 aromatic carbocycles. The van der Waals surface area contributed by atoms with Gasteiger partial charge in [0.05, 0.1) is 5.56 Å². The van der Waals surface area contributed by atoms with E-state index in [1.165, 1.54) is 25.0 Å². The lowest BCUT2D eigenvalue weighted by Gasteiger charge is -2.35. The van der Waals surface area contributed by atoms with Gasteiger partial charge in [-0.25, -0.2) is 4.39 Å². The smallest absolute Gasteiger partial charge is 0.253 e. The molecular weight excluding hydrogens is 437 g/mol. The fourth-order valence-corrected chi connectivity index (χ4v) is 4.81. The summed E-state index contributed by atoms with van der Waals surface area (Å²) in [5, 5.41) is 10.1. The fraction of sp³-hybridized carbons (Fsp3) is 0.440. The van der Waals surface area contributed by atoms with Crippen LogP contribution in [0.25, 0.3) is 0 Å². The molecule has 33 heavy (non-hydrogen) atoms. The Balaban J connectivity index is 1.26. The van der Waals surface area contributed by atoms with Crippen LogP contribution < -0.4 is 20.9 Å². The van der Waals surface area contributed by atoms with Crippen molar-refractivity contribution in [1.29, 1.82) is 0 Å². The Bertz CT molecular complexity index is 940. The van der Waals surface area contributed by atoms with Crippen molar-refractivity contribution in [3.63, 3.8) is 0 Å². The lowest BCUT2D eigenvalue weighted by molar-refractivity contribution is 0.0950. The van der Waals surface area contributed by atoms with E-state index in [-0.39, 0.29) is 17.8 Å². The summed E-state index contributed by atoms with van der Waals surface area (Å²) in [7, 11) is 0. The van der Waals surface area contributed by atoms with E-state index < -0.39 is 0 Å². The average molecular weight is 470 g/mol. The number of piperidine rings is 1. The molecule has 3 N–H and O–H groups in total. The molecule has 2 aromatic rings. The maximum atomic E-state index is 13.1. The normalized spacial score (nSPS) is 17.1. The van der Waals surface area contributed by atoms with Crippen LogP contribution in [0, 0.1) is 5.82 Å². The Morgan fingerprint density at radius 3 is 2.42 bits per heavy atom. The summed E-state index contributed by atoms with van der Waals surface area (Å²) in [6.45, 7) is 5.55. The van der Waals surface area contributed by atoms with Gasteiger partial charge in [0.1, 0.15) is 5.82 Å². The number of anilines is 2. The molecule has 4 rings (SSSR count). The fourth-order valence-electron chi connectivity index (χ4n) is 4.52. The van der Waals surface area contributed by atoms with Gasteiger partial charge in [-0.3, -0.25) is 4.79 Å². The van der Waals surface area contributed by atoms with Gasteiger partial charge in [-0.05, 0) is 87.4 Å². The van der Waals surface area contributed by atoms with Crippen LogP contribution in [-0.4, -0.2) is 61.2 Å². The Morgan fingerprint density at radius 2 is 1.70 bits per heavy atom. The van der Waals surface area contributed by atoms with Crippen LogP contribution >= 0.6 is 12.2 Å². The zero-order chi connectivity index (χ0) is 23.0. The number of halogens is 1. The van der Waals surface area contributed by atoms with E-state index in [4.69, 9.17) is 12.2 Å². The van der Waals surface area contributed by atoms with Crippen LogP contribution in [0.4, 0.5) is 15.8 Å². The standard InChI is InChI=1S/C25H32FN5OS/c26-19-7-9-20(10-8-19)28-25(33)29-21-11-16-31(17-12-21)23-6-2-1-5-22(23)24(32)27-13-18-30-14-3-4-15-30/h1-2,5-10,21H,3-4,11-18H2,(H,27,32)(H2,28,29,33). The van der Waals surface area contributed by atoms with Gasteiger partial charge in [0, 0.05) is 43.6 Å². The van der Waals surface area contributed by atoms with E-state index >= 15 is 0 Å². The Kier molecular flexibility index (Phi) is 8.12. The van der Waals surface area contributed by atoms with E-state index in [9.17, 15) is 9.18 Å². The number of nitrogens with zero attached hydrogens (tertiary/aromatic N) is 2. The third-order valence-corrected chi connectivity index (χ3v) is 6.55. The topological polar surface area (TPSA) is 59.6 Å². The maximum Gasteiger partial charge on any atom is 0.253 e. The highest BCUT2D eigenvalue weighted by Crippen LogP contribution is 2.24. The third kappa shape index (κ3) is 6.65. The van der Waals surface area contributed by atoms with Crippen molar-refractivity contribution >= 4 is 34.6 Å². The molecule has 0 saturated carbocycles. The van der Waals surface area contributed by atoms with E-state index in [1.54, 1.807) is 12.1 Å². The molecule has 0 radical (unpaired) electrons. The minimum atomic E-state index is -0.271. The summed E-state index contributed by atoms with van der Waals surface area (Å²) in [4.78, 5) is 17.6. The number of hydrogen-bond acceptors (Lipinski definition) is 4. The molecule has 0 spiro atoms. The predicted molar refractivity (Wildman–Crippen MR) is 135 cm³/mol. The number of thiocarbonyl (C=S) groups is 1. The summed E-state index contributed by atoms with van der Waals surface area (Å²) < 4.78 is 13.1. The summed E-state index contributed by atoms with van der Waals surface area (Å²) in [6, 6.07) is 14.2. The average Bonchev–Trinajstić information content (AvgIpc) is 3.35. The molecular formula is C25H32FN5OS. The molecule has 6 nitrogen and oxygen atoms in total. The molecule has 0 bridgehead atoms. The van der Waals surface area contributed by atoms with Crippen LogP contribution in [0.3, 0.4) is 0 Å². The summed E-state index contributed by atoms with van der Waals surface area (Å²) >= 11 is 5.42. The maximum absolute atomic E-state index is 13.1. The van der Waals surface area contributed by atoms with Crippen molar-refractivity contribution in [3.05, 3.63) is 59.9 Å². The van der Waals surface area contributed by atoms with Gasteiger partial charge in [0.25, 0.3) is 5.91 Å². The molecule has 0 aromatic heterocycles. The number of rotatable bonds is 7. The Labute approximate surface area is 200 Å². The molecule has 2 saturated heterocycles. The number of para-hydroxylation sites is 1. The lowest BCUT2D eigenvalue weighted by atomic mass is 10.0. The first-order chi connectivity index (χ1) is 16.1. The van der Waals surface area contributed by atoms with Crippen molar-refractivity contribution in [3.8, 4) is 0 Å². The number of amides is 1. The second-order valence-corrected chi connectivity index (χ2v) is 9.10. The molecule has 0 aliphatic carbocycles. The monoisotopic (exact) mass is 469 g/mol. The van der Waals surface area contributed by atoms with Gasteiger partial charge < -0.3 is 25.8 Å². The van der Waals surface area contributed by atoms with Crippen LogP contribution in [0.5, 0.6) is 0 Å². The van der Waals surface area contributed by atoms with Crippen LogP contribution in [-0.2, 0) is 0 Å². The molecule has 0 atom stereocenters. The lowest BCUT2D eigenvalue weighted by Crippen LogP contribution is -2.46. The van der Waals surface area contributed by atoms with Gasteiger partial charge in [0.15, 0.2) is 5.11 Å². The van der Waals surface area contributed by atoms with Gasteiger partial charge in [-0.15, -0.1) is 0 Å². The predicted octanol–water partition coefficient (Wildman–Crippen LogP) is 3.61. The SMILES string of the molecule is O=C(NCCN1CCCC1)c1ccccc1N1CCC(NC(=S)Nc2ccc(F)cc2)CC1. The van der Waals surface area contributed by atoms with E-state index in [0.717, 1.165) is 62.5 Å². The van der Waals surface area contributed by atoms with Crippen LogP contribution in [0.1, 0.15) is 36.0 Å². The summed E-state index contributed by atoms with van der Waals surface area (Å²) in [5.41, 5.74) is 2.48. The molecule has 0 unspecified atom stereocenters. The first-order valence-electron chi connectivity index (χ1n) is 11.8. The Morgan fingerprint density at radius 1 is 1.00 bits per heavy atom. The quantitative estimate of drug-likeness (QED) is 0.539. The van der Waals surface area contributed by atoms with Crippen molar-refractivity contribution in [1.82, 2.24) is 15.5 Å². The number of carbonyl (C=O) groups is 1. The van der Waals surface area contributed by atoms with E-state index in [2.05, 4.69) is 25.8 Å². The highest BCUT2D eigenvalue weighted by Gasteiger charge is 2.23. The molecule has 2 heterocycles. The minimum absolute atomic E-state index is 0.00489. The van der Waals surface area contributed by atoms with Crippen molar-refractivity contribution in [2.75, 3.05) is 49.5 Å². The molecule has 2 aliphatic rings. The van der Waals surface area contributed by atoms with Gasteiger partial charge >= 0.3 is 0 Å². The number of likely N-dealkylation sites (tertiary alicyclic amines) is 1. The molecule has 2 fully saturated rings. The van der Waals surface area contributed by atoms with Crippen LogP contribution in [0.15, 0.2) is 48.5 Å². The molecule has 8 heteroatoms. The van der Waals surface area contributed by atoms with Crippen LogP contribution in [0.2, 0.25) is 0 Å². The van der Waals surface area contributed by atoms with Gasteiger partial charge in [-0.1, -0.05) is 12.1 Å². The van der Waals surface area contributed by atoms with Crippen molar-refractivity contribution in [2.24, 2.45) is 0 Å². The van der Waals surface area contributed by atoms with E-state index in [0.29, 0.717) is 11.7 Å². The molecule has 1 amide bonds. The second-order valence-electron chi connectivity index (χ2n) is 8.69. The highest BCUT2D eigenvalue weighted by atomic mass is 32.1. The largest absolute Gasteiger partial charge is 0.371 e. The first kappa shape index (κ1) is 23.4. The number of carbonyl (C=O) groups excluding carboxylic acids is 1. The van der Waals surface area contributed by atoms with Gasteiger partial charge in [-0.2, -0.15) is 0 Å². The number of nitrogens with one attached hydrogen (secondary N) is 3. The second kappa shape index (κ2) is 11.4. The zero-order valence-corrected chi connectivity index (χ0v) is 19.7. The van der Waals surface area contributed by atoms with E-state index in [1.807, 2.05) is 24.3 Å². The summed E-state index contributed by atoms with van der Waals surface area (Å²) in [5.74, 6) is -0.276. The third-order valence-electron chi connectivity index (χ3n) is 6.33. The van der Waals surface area contributed by atoms with Crippen molar-refractivity contribution in [2.45, 2.75) is 31.7 Å². The number of hydrogen-bond donors (Lipinski definition) is 3. The van der Waals surface area contributed by atoms with Gasteiger partial charge in [0.2, 0.25) is 0 Å². The zero-order valence-electron chi connectivity index (χ0n) is 18.9. The first-order valence-corrected chi connectivity index (χ1v) is 12.2. The number of benzene rings is 2. The molecule has 176 valence electrons. The highest BCUT2D eigenvalue weighted by molar-refractivity contribution is 7.80. The summed E-state index contributed by atoms with van der Waals surface area (Å²) in [6.07, 6.45) is 4.34. The molecule has 2 aliphatic heterocycles. The Hall–Kier alpha value is -2.71. The minimum Gasteiger partial charge on any atom is -0.371 e. The van der Waals surface area contributed by atoms with Crippen molar-refractivity contribution < 1.29 is 9.18 Å².